The van der Waals surface area contributed by atoms with Crippen LogP contribution in [0, 0.1) is 16.2 Å². The second-order valence-corrected chi connectivity index (χ2v) is 7.53. The number of ether oxygens (including phenoxy) is 1. The molecule has 0 heterocycles. The lowest BCUT2D eigenvalue weighted by molar-refractivity contribution is -0.118. The molecule has 0 aromatic heterocycles. The van der Waals surface area contributed by atoms with Crippen molar-refractivity contribution in [2.75, 3.05) is 7.11 Å². The molecule has 0 amide bonds. The minimum Gasteiger partial charge on any atom is -0.376 e. The van der Waals surface area contributed by atoms with Gasteiger partial charge in [-0.2, -0.15) is 0 Å². The van der Waals surface area contributed by atoms with Gasteiger partial charge in [0.2, 0.25) is 0 Å². The first-order chi connectivity index (χ1) is 8.68. The van der Waals surface area contributed by atoms with Gasteiger partial charge in [0.1, 0.15) is 6.29 Å². The van der Waals surface area contributed by atoms with Crippen LogP contribution in [-0.4, -0.2) is 19.5 Å². The Bertz CT molecular complexity index is 454. The number of carbonyl (C=O) groups is 1. The first-order valence-corrected chi connectivity index (χ1v) is 7.11. The van der Waals surface area contributed by atoms with Crippen LogP contribution in [0.25, 0.3) is 0 Å². The Morgan fingerprint density at radius 1 is 1.16 bits per heavy atom. The molecule has 2 rings (SSSR count). The molecule has 2 unspecified atom stereocenters. The summed E-state index contributed by atoms with van der Waals surface area (Å²) in [5.74, 6) is 0. The smallest absolute Gasteiger partial charge is 0.132 e. The highest BCUT2D eigenvalue weighted by Crippen LogP contribution is 2.55. The molecule has 0 saturated carbocycles. The standard InChI is InChI=1S/C17H26O2/c1-15(2)9-10-16(3,4)13-12(15)7-8-17(5,11-18)14(13)19-6/h7-8,11,14H,9-10H2,1-6H3. The summed E-state index contributed by atoms with van der Waals surface area (Å²) in [6.07, 6.45) is 7.40. The third-order valence-corrected chi connectivity index (χ3v) is 5.05. The van der Waals surface area contributed by atoms with Crippen molar-refractivity contribution >= 4 is 6.29 Å². The van der Waals surface area contributed by atoms with Gasteiger partial charge >= 0.3 is 0 Å². The number of aldehydes is 1. The van der Waals surface area contributed by atoms with E-state index in [9.17, 15) is 4.79 Å². The van der Waals surface area contributed by atoms with E-state index in [1.165, 1.54) is 17.6 Å². The Hall–Kier alpha value is -0.890. The van der Waals surface area contributed by atoms with Gasteiger partial charge in [-0.1, -0.05) is 39.8 Å². The second-order valence-electron chi connectivity index (χ2n) is 7.53. The van der Waals surface area contributed by atoms with E-state index in [0.717, 1.165) is 12.7 Å². The molecule has 0 saturated heterocycles. The lowest BCUT2D eigenvalue weighted by Crippen LogP contribution is -2.46. The highest BCUT2D eigenvalue weighted by Gasteiger charge is 2.48. The SMILES string of the molecule is COC1C2=C(C=CC1(C)C=O)C(C)(C)CCC2(C)C. The van der Waals surface area contributed by atoms with Gasteiger partial charge in [-0.3, -0.25) is 0 Å². The maximum Gasteiger partial charge on any atom is 0.132 e. The number of hydrogen-bond acceptors (Lipinski definition) is 2. The fourth-order valence-corrected chi connectivity index (χ4v) is 3.57. The summed E-state index contributed by atoms with van der Waals surface area (Å²) < 4.78 is 5.76. The van der Waals surface area contributed by atoms with Crippen LogP contribution < -0.4 is 0 Å². The van der Waals surface area contributed by atoms with Gasteiger partial charge in [0.25, 0.3) is 0 Å². The molecule has 19 heavy (non-hydrogen) atoms. The van der Waals surface area contributed by atoms with Gasteiger partial charge in [0.15, 0.2) is 0 Å². The van der Waals surface area contributed by atoms with E-state index >= 15 is 0 Å². The molecule has 0 spiro atoms. The third kappa shape index (κ3) is 2.10. The summed E-state index contributed by atoms with van der Waals surface area (Å²) in [6.45, 7) is 11.1. The highest BCUT2D eigenvalue weighted by molar-refractivity contribution is 5.67. The first-order valence-electron chi connectivity index (χ1n) is 7.11. The lowest BCUT2D eigenvalue weighted by atomic mass is 9.57. The van der Waals surface area contributed by atoms with Gasteiger partial charge in [-0.05, 0) is 41.7 Å². The molecule has 2 heteroatoms. The van der Waals surface area contributed by atoms with E-state index in [1.807, 2.05) is 13.0 Å². The molecular formula is C17H26O2. The molecule has 0 bridgehead atoms. The monoisotopic (exact) mass is 262 g/mol. The molecule has 106 valence electrons. The number of carbonyl (C=O) groups excluding carboxylic acids is 1. The van der Waals surface area contributed by atoms with Crippen molar-refractivity contribution in [3.63, 3.8) is 0 Å². The van der Waals surface area contributed by atoms with Crippen LogP contribution in [0.3, 0.4) is 0 Å². The van der Waals surface area contributed by atoms with Crippen LogP contribution in [0.5, 0.6) is 0 Å². The summed E-state index contributed by atoms with van der Waals surface area (Å²) in [4.78, 5) is 11.5. The molecule has 2 aliphatic carbocycles. The fourth-order valence-electron chi connectivity index (χ4n) is 3.57. The largest absolute Gasteiger partial charge is 0.376 e. The topological polar surface area (TPSA) is 26.3 Å². The lowest BCUT2D eigenvalue weighted by Gasteiger charge is -2.50. The van der Waals surface area contributed by atoms with Gasteiger partial charge in [-0.25, -0.2) is 0 Å². The number of hydrogen-bond donors (Lipinski definition) is 0. The minimum absolute atomic E-state index is 0.0978. The van der Waals surface area contributed by atoms with Gasteiger partial charge < -0.3 is 9.53 Å². The van der Waals surface area contributed by atoms with Crippen molar-refractivity contribution in [1.82, 2.24) is 0 Å². The molecule has 0 fully saturated rings. The molecule has 0 aromatic rings. The van der Waals surface area contributed by atoms with Gasteiger partial charge in [0, 0.05) is 7.11 Å². The van der Waals surface area contributed by atoms with Crippen LogP contribution in [0.4, 0.5) is 0 Å². The van der Waals surface area contributed by atoms with Crippen molar-refractivity contribution in [3.8, 4) is 0 Å². The van der Waals surface area contributed by atoms with Crippen LogP contribution in [-0.2, 0) is 9.53 Å². The molecule has 2 nitrogen and oxygen atoms in total. The maximum atomic E-state index is 11.5. The molecule has 0 aliphatic heterocycles. The van der Waals surface area contributed by atoms with E-state index in [-0.39, 0.29) is 16.9 Å². The van der Waals surface area contributed by atoms with E-state index < -0.39 is 5.41 Å². The minimum atomic E-state index is -0.543. The van der Waals surface area contributed by atoms with Crippen molar-refractivity contribution in [3.05, 3.63) is 23.3 Å². The van der Waals surface area contributed by atoms with Crippen molar-refractivity contribution in [2.24, 2.45) is 16.2 Å². The Morgan fingerprint density at radius 3 is 2.26 bits per heavy atom. The maximum absolute atomic E-state index is 11.5. The summed E-state index contributed by atoms with van der Waals surface area (Å²) in [6, 6.07) is 0. The van der Waals surface area contributed by atoms with E-state index in [4.69, 9.17) is 4.74 Å². The van der Waals surface area contributed by atoms with Crippen molar-refractivity contribution in [2.45, 2.75) is 53.6 Å². The zero-order chi connectivity index (χ0) is 14.5. The highest BCUT2D eigenvalue weighted by atomic mass is 16.5. The van der Waals surface area contributed by atoms with E-state index in [2.05, 4.69) is 33.8 Å². The van der Waals surface area contributed by atoms with E-state index in [1.54, 1.807) is 7.11 Å². The number of rotatable bonds is 2. The predicted molar refractivity (Wildman–Crippen MR) is 77.9 cm³/mol. The second kappa shape index (κ2) is 4.31. The first kappa shape index (κ1) is 14.5. The van der Waals surface area contributed by atoms with Crippen LogP contribution in [0.1, 0.15) is 47.5 Å². The molecular weight excluding hydrogens is 236 g/mol. The normalized spacial score (nSPS) is 36.0. The molecule has 2 aliphatic rings. The summed E-state index contributed by atoms with van der Waals surface area (Å²) in [7, 11) is 1.72. The van der Waals surface area contributed by atoms with Crippen LogP contribution in [0.2, 0.25) is 0 Å². The van der Waals surface area contributed by atoms with E-state index in [0.29, 0.717) is 0 Å². The average molecular weight is 262 g/mol. The molecule has 0 radical (unpaired) electrons. The third-order valence-electron chi connectivity index (χ3n) is 5.05. The van der Waals surface area contributed by atoms with Crippen molar-refractivity contribution in [1.29, 1.82) is 0 Å². The Morgan fingerprint density at radius 2 is 1.74 bits per heavy atom. The number of methoxy groups -OCH3 is 1. The Kier molecular flexibility index (Phi) is 3.29. The predicted octanol–water partition coefficient (Wildman–Crippen LogP) is 3.92. The zero-order valence-electron chi connectivity index (χ0n) is 13.0. The summed E-state index contributed by atoms with van der Waals surface area (Å²) in [5, 5.41) is 0. The van der Waals surface area contributed by atoms with Gasteiger partial charge in [-0.15, -0.1) is 0 Å². The fraction of sp³-hybridized carbons (Fsp3) is 0.706. The molecule has 0 aromatic carbocycles. The quantitative estimate of drug-likeness (QED) is 0.705. The molecule has 2 atom stereocenters. The zero-order valence-corrected chi connectivity index (χ0v) is 13.0. The Balaban J connectivity index is 2.65. The average Bonchev–Trinajstić information content (AvgIpc) is 2.34. The van der Waals surface area contributed by atoms with Crippen LogP contribution in [0.15, 0.2) is 23.3 Å². The summed E-state index contributed by atoms with van der Waals surface area (Å²) >= 11 is 0. The van der Waals surface area contributed by atoms with Gasteiger partial charge in [0.05, 0.1) is 11.5 Å². The number of allylic oxidation sites excluding steroid dienone is 2. The summed E-state index contributed by atoms with van der Waals surface area (Å²) in [5.41, 5.74) is 2.42. The van der Waals surface area contributed by atoms with Crippen molar-refractivity contribution < 1.29 is 9.53 Å². The van der Waals surface area contributed by atoms with Crippen LogP contribution >= 0.6 is 0 Å². The molecule has 0 N–H and O–H groups in total. The Labute approximate surface area is 116 Å².